The minimum atomic E-state index is -4.71. The Morgan fingerprint density at radius 1 is 1.02 bits per heavy atom. The van der Waals surface area contributed by atoms with Gasteiger partial charge in [-0.3, -0.25) is 19.3 Å². The number of rotatable bonds is 8. The van der Waals surface area contributed by atoms with Crippen molar-refractivity contribution in [3.8, 4) is 5.69 Å². The number of para-hydroxylation sites is 1. The lowest BCUT2D eigenvalue weighted by molar-refractivity contribution is -0.137. The fourth-order valence-corrected chi connectivity index (χ4v) is 5.37. The van der Waals surface area contributed by atoms with Crippen LogP contribution in [0.25, 0.3) is 5.69 Å². The van der Waals surface area contributed by atoms with Gasteiger partial charge in [-0.25, -0.2) is 13.5 Å². The normalized spacial score (nSPS) is 17.0. The zero-order chi connectivity index (χ0) is 32.5. The molecule has 0 unspecified atom stereocenters. The van der Waals surface area contributed by atoms with Crippen molar-refractivity contribution >= 4 is 35.1 Å². The Balaban J connectivity index is 1.69. The highest BCUT2D eigenvalue weighted by Crippen LogP contribution is 2.44. The molecule has 0 saturated heterocycles. The van der Waals surface area contributed by atoms with Crippen LogP contribution in [0.2, 0.25) is 0 Å². The number of carbonyl (C=O) groups is 3. The van der Waals surface area contributed by atoms with Gasteiger partial charge in [0.15, 0.2) is 0 Å². The zero-order valence-corrected chi connectivity index (χ0v) is 24.2. The van der Waals surface area contributed by atoms with Gasteiger partial charge in [0.1, 0.15) is 17.7 Å². The number of anilines is 1. The number of amides is 3. The van der Waals surface area contributed by atoms with Crippen molar-refractivity contribution in [2.24, 2.45) is 0 Å². The van der Waals surface area contributed by atoms with Gasteiger partial charge < -0.3 is 10.6 Å². The minimum Gasteiger partial charge on any atom is -0.347 e. The molecule has 1 aliphatic heterocycles. The highest BCUT2D eigenvalue weighted by atomic mass is 35.5. The summed E-state index contributed by atoms with van der Waals surface area (Å²) in [6.45, 7) is 1.42. The van der Waals surface area contributed by atoms with Gasteiger partial charge in [0.05, 0.1) is 23.5 Å². The van der Waals surface area contributed by atoms with E-state index in [9.17, 15) is 36.3 Å². The quantitative estimate of drug-likeness (QED) is 0.196. The molecule has 1 aliphatic rings. The van der Waals surface area contributed by atoms with Gasteiger partial charge in [-0.05, 0) is 55.0 Å². The van der Waals surface area contributed by atoms with E-state index in [2.05, 4.69) is 15.7 Å². The first-order valence-corrected chi connectivity index (χ1v) is 14.1. The van der Waals surface area contributed by atoms with Crippen LogP contribution < -0.4 is 15.5 Å². The SMILES string of the molecule is CCN1C(=O)[C@@H](NC(=O)c2cccc(C(F)(F)F)c2)[C@@H](c2ccc(F)cc2)c2c(CNC(=O)[C@H](F)Cl)nn(-c3ccccc3)c21. The Bertz CT molecular complexity index is 1730. The van der Waals surface area contributed by atoms with Gasteiger partial charge in [-0.1, -0.05) is 48.0 Å². The molecule has 3 amide bonds. The Labute approximate surface area is 258 Å². The van der Waals surface area contributed by atoms with E-state index in [1.54, 1.807) is 37.3 Å². The van der Waals surface area contributed by atoms with E-state index >= 15 is 0 Å². The number of nitrogens with zero attached hydrogens (tertiary/aromatic N) is 3. The van der Waals surface area contributed by atoms with Crippen molar-refractivity contribution in [1.29, 1.82) is 0 Å². The van der Waals surface area contributed by atoms with Gasteiger partial charge in [0, 0.05) is 23.6 Å². The lowest BCUT2D eigenvalue weighted by Crippen LogP contribution is -2.55. The summed E-state index contributed by atoms with van der Waals surface area (Å²) in [7, 11) is 0. The second-order valence-corrected chi connectivity index (χ2v) is 10.5. The Morgan fingerprint density at radius 2 is 1.71 bits per heavy atom. The topological polar surface area (TPSA) is 96.3 Å². The van der Waals surface area contributed by atoms with E-state index in [0.717, 1.165) is 24.3 Å². The third-order valence-electron chi connectivity index (χ3n) is 7.32. The smallest absolute Gasteiger partial charge is 0.347 e. The summed E-state index contributed by atoms with van der Waals surface area (Å²) in [4.78, 5) is 41.1. The van der Waals surface area contributed by atoms with E-state index in [0.29, 0.717) is 22.9 Å². The van der Waals surface area contributed by atoms with Crippen LogP contribution in [0.4, 0.5) is 27.8 Å². The molecule has 4 aromatic rings. The van der Waals surface area contributed by atoms with Crippen molar-refractivity contribution in [2.45, 2.75) is 37.2 Å². The zero-order valence-electron chi connectivity index (χ0n) is 23.5. The van der Waals surface area contributed by atoms with E-state index in [-0.39, 0.29) is 30.2 Å². The number of aromatic nitrogens is 2. The molecule has 0 saturated carbocycles. The van der Waals surface area contributed by atoms with E-state index in [1.165, 1.54) is 27.8 Å². The first kappa shape index (κ1) is 31.6. The maximum absolute atomic E-state index is 14.2. The van der Waals surface area contributed by atoms with Crippen molar-refractivity contribution in [3.05, 3.63) is 113 Å². The van der Waals surface area contributed by atoms with Crippen LogP contribution in [0, 0.1) is 5.82 Å². The van der Waals surface area contributed by atoms with Crippen LogP contribution in [0.3, 0.4) is 0 Å². The minimum absolute atomic E-state index is 0.0798. The summed E-state index contributed by atoms with van der Waals surface area (Å²) in [5.74, 6) is -4.07. The van der Waals surface area contributed by atoms with Crippen molar-refractivity contribution in [3.63, 3.8) is 0 Å². The Kier molecular flexibility index (Phi) is 8.91. The van der Waals surface area contributed by atoms with Crippen LogP contribution in [0.1, 0.15) is 45.6 Å². The number of alkyl halides is 5. The molecule has 5 rings (SSSR count). The largest absolute Gasteiger partial charge is 0.416 e. The number of carbonyl (C=O) groups excluding carboxylic acids is 3. The summed E-state index contributed by atoms with van der Waals surface area (Å²) in [6, 6.07) is 16.1. The van der Waals surface area contributed by atoms with Crippen LogP contribution in [-0.4, -0.2) is 45.7 Å². The molecule has 14 heteroatoms. The number of fused-ring (bicyclic) bond motifs is 1. The highest BCUT2D eigenvalue weighted by molar-refractivity contribution is 6.29. The highest BCUT2D eigenvalue weighted by Gasteiger charge is 2.46. The Hall–Kier alpha value is -4.78. The molecular formula is C31H25ClF5N5O3. The summed E-state index contributed by atoms with van der Waals surface area (Å²) in [5.41, 5.74) is -2.33. The maximum Gasteiger partial charge on any atom is 0.416 e. The van der Waals surface area contributed by atoms with Crippen LogP contribution in [0.5, 0.6) is 0 Å². The molecule has 234 valence electrons. The summed E-state index contributed by atoms with van der Waals surface area (Å²) >= 11 is 5.31. The second-order valence-electron chi connectivity index (χ2n) is 10.1. The molecule has 3 aromatic carbocycles. The standard InChI is InChI=1S/C31H25ClF5N5O3/c1-2-41-29-24(22(16-38-28(44)26(32)34)40-42(29)21-9-4-3-5-10-21)23(17-11-13-20(33)14-12-17)25(30(41)45)39-27(43)18-7-6-8-19(15-18)31(35,36)37/h3-15,23,25-26H,2,16H2,1H3,(H,38,44)(H,39,43)/t23-,25-,26-/m0/s1. The van der Waals surface area contributed by atoms with Gasteiger partial charge in [0.2, 0.25) is 0 Å². The van der Waals surface area contributed by atoms with Crippen LogP contribution in [0.15, 0.2) is 78.9 Å². The molecule has 0 bridgehead atoms. The Morgan fingerprint density at radius 3 is 2.33 bits per heavy atom. The van der Waals surface area contributed by atoms with Gasteiger partial charge in [-0.15, -0.1) is 0 Å². The first-order valence-electron chi connectivity index (χ1n) is 13.7. The van der Waals surface area contributed by atoms with Crippen molar-refractivity contribution in [1.82, 2.24) is 20.4 Å². The molecule has 1 aromatic heterocycles. The second kappa shape index (κ2) is 12.7. The molecule has 0 fully saturated rings. The lowest BCUT2D eigenvalue weighted by atomic mass is 9.80. The van der Waals surface area contributed by atoms with Gasteiger partial charge in [-0.2, -0.15) is 18.3 Å². The fourth-order valence-electron chi connectivity index (χ4n) is 5.29. The molecule has 3 atom stereocenters. The molecular weight excluding hydrogens is 621 g/mol. The monoisotopic (exact) mass is 645 g/mol. The fraction of sp³-hybridized carbons (Fsp3) is 0.226. The average molecular weight is 646 g/mol. The molecule has 45 heavy (non-hydrogen) atoms. The molecule has 2 heterocycles. The lowest BCUT2D eigenvalue weighted by Gasteiger charge is -2.38. The molecule has 8 nitrogen and oxygen atoms in total. The van der Waals surface area contributed by atoms with Crippen molar-refractivity contribution in [2.75, 3.05) is 11.4 Å². The third kappa shape index (κ3) is 6.39. The van der Waals surface area contributed by atoms with E-state index < -0.39 is 52.9 Å². The number of likely N-dealkylation sites (N-methyl/N-ethyl adjacent to an activating group) is 1. The van der Waals surface area contributed by atoms with Gasteiger partial charge in [0.25, 0.3) is 23.4 Å². The average Bonchev–Trinajstić information content (AvgIpc) is 3.39. The summed E-state index contributed by atoms with van der Waals surface area (Å²) in [5, 5.41) is 9.62. The first-order chi connectivity index (χ1) is 21.4. The van der Waals surface area contributed by atoms with Crippen molar-refractivity contribution < 1.29 is 36.3 Å². The molecule has 0 spiro atoms. The van der Waals surface area contributed by atoms with E-state index in [4.69, 9.17) is 11.6 Å². The maximum atomic E-state index is 14.2. The van der Waals surface area contributed by atoms with Crippen LogP contribution >= 0.6 is 11.6 Å². The van der Waals surface area contributed by atoms with E-state index in [1.807, 2.05) is 0 Å². The van der Waals surface area contributed by atoms with Gasteiger partial charge >= 0.3 is 6.18 Å². The summed E-state index contributed by atoms with van der Waals surface area (Å²) < 4.78 is 69.3. The molecule has 0 aliphatic carbocycles. The number of hydrogen-bond donors (Lipinski definition) is 2. The molecule has 0 radical (unpaired) electrons. The predicted molar refractivity (Wildman–Crippen MR) is 155 cm³/mol. The number of hydrogen-bond acceptors (Lipinski definition) is 4. The molecule has 2 N–H and O–H groups in total. The number of nitrogens with one attached hydrogen (secondary N) is 2. The van der Waals surface area contributed by atoms with Crippen LogP contribution in [-0.2, 0) is 22.3 Å². The number of benzene rings is 3. The number of halogens is 6. The third-order valence-corrected chi connectivity index (χ3v) is 7.52. The summed E-state index contributed by atoms with van der Waals surface area (Å²) in [6.07, 6.45) is -4.71. The predicted octanol–water partition coefficient (Wildman–Crippen LogP) is 5.48.